The molecule has 7 nitrogen and oxygen atoms in total. The molecule has 0 spiro atoms. The van der Waals surface area contributed by atoms with Crippen molar-refractivity contribution in [1.82, 2.24) is 14.9 Å². The van der Waals surface area contributed by atoms with E-state index < -0.39 is 34.9 Å². The molecule has 1 aromatic heterocycles. The normalized spacial score (nSPS) is 11.6. The Morgan fingerprint density at radius 1 is 1.00 bits per heavy atom. The number of carbonyl (C=O) groups excluding carboxylic acids is 2. The summed E-state index contributed by atoms with van der Waals surface area (Å²) < 4.78 is 14.4. The zero-order valence-electron chi connectivity index (χ0n) is 14.8. The van der Waals surface area contributed by atoms with Gasteiger partial charge in [-0.25, -0.2) is 4.79 Å². The predicted octanol–water partition coefficient (Wildman–Crippen LogP) is 1.80. The largest absolute Gasteiger partial charge is 0.330 e. The van der Waals surface area contributed by atoms with Crippen LogP contribution >= 0.6 is 0 Å². The van der Waals surface area contributed by atoms with Crippen LogP contribution in [0.3, 0.4) is 0 Å². The number of aromatic amines is 1. The molecule has 0 aliphatic rings. The van der Waals surface area contributed by atoms with Crippen molar-refractivity contribution in [2.45, 2.75) is 13.1 Å². The molecule has 0 unspecified atom stereocenters. The van der Waals surface area contributed by atoms with Gasteiger partial charge in [-0.1, -0.05) is 48.0 Å². The van der Waals surface area contributed by atoms with Crippen LogP contribution in [-0.2, 0) is 0 Å². The molecule has 0 saturated heterocycles. The first-order valence-electron chi connectivity index (χ1n) is 8.34. The molecule has 0 bridgehead atoms. The molecule has 8 heteroatoms. The van der Waals surface area contributed by atoms with Crippen LogP contribution < -0.4 is 16.6 Å². The number of aromatic nitrogens is 2. The van der Waals surface area contributed by atoms with E-state index in [1.807, 2.05) is 6.92 Å². The molecule has 1 amide bonds. The van der Waals surface area contributed by atoms with Crippen LogP contribution in [0.25, 0.3) is 0 Å². The Labute approximate surface area is 158 Å². The number of nitrogens with zero attached hydrogens (tertiary/aromatic N) is 1. The van der Waals surface area contributed by atoms with E-state index in [1.54, 1.807) is 47.4 Å². The highest BCUT2D eigenvalue weighted by Crippen LogP contribution is 2.12. The number of benzene rings is 2. The highest BCUT2D eigenvalue weighted by Gasteiger charge is 2.26. The second kappa shape index (κ2) is 7.83. The van der Waals surface area contributed by atoms with Gasteiger partial charge >= 0.3 is 5.69 Å². The van der Waals surface area contributed by atoms with E-state index in [-0.39, 0.29) is 11.1 Å². The van der Waals surface area contributed by atoms with Gasteiger partial charge in [0, 0.05) is 11.1 Å². The second-order valence-corrected chi connectivity index (χ2v) is 6.12. The minimum atomic E-state index is -1.55. The standard InChI is InChI=1S/C20H16FN3O4/c1-12-7-9-14(10-8-12)18(26)22-17(16(25)13-5-3-2-4-6-13)24-11-15(21)19(27)23-20(24)28/h2-11,17H,1H3,(H,22,26)(H,23,27,28)/t17-/m0/s1. The predicted molar refractivity (Wildman–Crippen MR) is 99.7 cm³/mol. The van der Waals surface area contributed by atoms with Crippen molar-refractivity contribution in [2.75, 3.05) is 0 Å². The Morgan fingerprint density at radius 3 is 2.29 bits per heavy atom. The molecule has 3 aromatic rings. The molecule has 0 saturated carbocycles. The number of hydrogen-bond donors (Lipinski definition) is 2. The van der Waals surface area contributed by atoms with E-state index in [4.69, 9.17) is 0 Å². The fourth-order valence-corrected chi connectivity index (χ4v) is 2.59. The summed E-state index contributed by atoms with van der Waals surface area (Å²) in [5, 5.41) is 2.44. The molecular weight excluding hydrogens is 365 g/mol. The summed E-state index contributed by atoms with van der Waals surface area (Å²) in [6.45, 7) is 1.85. The number of H-pyrrole nitrogens is 1. The highest BCUT2D eigenvalue weighted by molar-refractivity contribution is 6.03. The first-order chi connectivity index (χ1) is 13.4. The van der Waals surface area contributed by atoms with Crippen LogP contribution in [0.1, 0.15) is 32.4 Å². The second-order valence-electron chi connectivity index (χ2n) is 6.12. The quantitative estimate of drug-likeness (QED) is 0.658. The number of nitrogens with one attached hydrogen (secondary N) is 2. The topological polar surface area (TPSA) is 101 Å². The Bertz CT molecular complexity index is 1130. The molecular formula is C20H16FN3O4. The average molecular weight is 381 g/mol. The van der Waals surface area contributed by atoms with Crippen LogP contribution in [0.4, 0.5) is 4.39 Å². The lowest BCUT2D eigenvalue weighted by Gasteiger charge is -2.20. The van der Waals surface area contributed by atoms with Gasteiger partial charge in [-0.15, -0.1) is 0 Å². The molecule has 2 N–H and O–H groups in total. The number of amides is 1. The van der Waals surface area contributed by atoms with E-state index in [9.17, 15) is 23.6 Å². The molecule has 3 rings (SSSR count). The number of aryl methyl sites for hydroxylation is 1. The van der Waals surface area contributed by atoms with Gasteiger partial charge in [-0.2, -0.15) is 4.39 Å². The van der Waals surface area contributed by atoms with Crippen LogP contribution in [0, 0.1) is 12.7 Å². The fraction of sp³-hybridized carbons (Fsp3) is 0.100. The lowest BCUT2D eigenvalue weighted by atomic mass is 10.1. The summed E-state index contributed by atoms with van der Waals surface area (Å²) >= 11 is 0. The number of hydrogen-bond acceptors (Lipinski definition) is 4. The SMILES string of the molecule is Cc1ccc(C(=O)N[C@H](C(=O)c2ccccc2)n2cc(F)c(=O)[nH]c2=O)cc1. The van der Waals surface area contributed by atoms with E-state index in [2.05, 4.69) is 5.32 Å². The first kappa shape index (κ1) is 19.0. The maximum atomic E-state index is 13.8. The minimum Gasteiger partial charge on any atom is -0.325 e. The van der Waals surface area contributed by atoms with Crippen LogP contribution in [0.2, 0.25) is 0 Å². The lowest BCUT2D eigenvalue weighted by Crippen LogP contribution is -2.44. The Kier molecular flexibility index (Phi) is 5.30. The van der Waals surface area contributed by atoms with Gasteiger partial charge in [-0.05, 0) is 19.1 Å². The Hall–Kier alpha value is -3.81. The van der Waals surface area contributed by atoms with E-state index in [1.165, 1.54) is 12.1 Å². The number of Topliss-reactive ketones (excluding diaryl/α,β-unsaturated/α-hetero) is 1. The van der Waals surface area contributed by atoms with Crippen molar-refractivity contribution >= 4 is 11.7 Å². The van der Waals surface area contributed by atoms with Crippen molar-refractivity contribution in [3.8, 4) is 0 Å². The summed E-state index contributed by atoms with van der Waals surface area (Å²) in [6, 6.07) is 14.5. The van der Waals surface area contributed by atoms with Gasteiger partial charge in [0.25, 0.3) is 11.5 Å². The van der Waals surface area contributed by atoms with Gasteiger partial charge < -0.3 is 5.32 Å². The van der Waals surface area contributed by atoms with Gasteiger partial charge in [0.2, 0.25) is 11.6 Å². The summed E-state index contributed by atoms with van der Waals surface area (Å²) in [4.78, 5) is 50.8. The van der Waals surface area contributed by atoms with E-state index in [0.29, 0.717) is 10.8 Å². The van der Waals surface area contributed by atoms with E-state index >= 15 is 0 Å². The third-order valence-electron chi connectivity index (χ3n) is 4.09. The van der Waals surface area contributed by atoms with Gasteiger partial charge in [-0.3, -0.25) is 23.9 Å². The van der Waals surface area contributed by atoms with Crippen molar-refractivity contribution in [1.29, 1.82) is 0 Å². The van der Waals surface area contributed by atoms with Crippen molar-refractivity contribution in [3.63, 3.8) is 0 Å². The number of halogens is 1. The highest BCUT2D eigenvalue weighted by atomic mass is 19.1. The monoisotopic (exact) mass is 381 g/mol. The molecule has 0 radical (unpaired) electrons. The summed E-state index contributed by atoms with van der Waals surface area (Å²) in [7, 11) is 0. The molecule has 0 fully saturated rings. The molecule has 1 heterocycles. The van der Waals surface area contributed by atoms with Crippen LogP contribution in [-0.4, -0.2) is 21.2 Å². The van der Waals surface area contributed by atoms with E-state index in [0.717, 1.165) is 5.56 Å². The molecule has 2 aromatic carbocycles. The smallest absolute Gasteiger partial charge is 0.325 e. The maximum Gasteiger partial charge on any atom is 0.330 e. The molecule has 1 atom stereocenters. The molecule has 142 valence electrons. The maximum absolute atomic E-state index is 13.8. The van der Waals surface area contributed by atoms with Crippen LogP contribution in [0.5, 0.6) is 0 Å². The number of carbonyl (C=O) groups is 2. The van der Waals surface area contributed by atoms with Crippen molar-refractivity contribution in [3.05, 3.63) is 104 Å². The fourth-order valence-electron chi connectivity index (χ4n) is 2.59. The van der Waals surface area contributed by atoms with Gasteiger partial charge in [0.15, 0.2) is 6.17 Å². The molecule has 0 aliphatic carbocycles. The summed E-state index contributed by atoms with van der Waals surface area (Å²) in [6.07, 6.45) is -0.947. The Morgan fingerprint density at radius 2 is 1.64 bits per heavy atom. The average Bonchev–Trinajstić information content (AvgIpc) is 2.69. The zero-order valence-corrected chi connectivity index (χ0v) is 14.8. The summed E-state index contributed by atoms with van der Waals surface area (Å²) in [5.74, 6) is -2.53. The van der Waals surface area contributed by atoms with Crippen molar-refractivity contribution in [2.24, 2.45) is 0 Å². The lowest BCUT2D eigenvalue weighted by molar-refractivity contribution is 0.0811. The minimum absolute atomic E-state index is 0.204. The molecule has 0 aliphatic heterocycles. The number of ketones is 1. The van der Waals surface area contributed by atoms with Gasteiger partial charge in [0.1, 0.15) is 0 Å². The number of rotatable bonds is 5. The Balaban J connectivity index is 2.04. The molecule has 28 heavy (non-hydrogen) atoms. The third-order valence-corrected chi connectivity index (χ3v) is 4.09. The third kappa shape index (κ3) is 3.96. The van der Waals surface area contributed by atoms with Crippen molar-refractivity contribution < 1.29 is 14.0 Å². The van der Waals surface area contributed by atoms with Gasteiger partial charge in [0.05, 0.1) is 6.20 Å². The first-order valence-corrected chi connectivity index (χ1v) is 8.34. The van der Waals surface area contributed by atoms with Crippen LogP contribution in [0.15, 0.2) is 70.4 Å². The summed E-state index contributed by atoms with van der Waals surface area (Å²) in [5.41, 5.74) is -0.834. The zero-order chi connectivity index (χ0) is 20.3.